The van der Waals surface area contributed by atoms with Crippen molar-refractivity contribution in [2.75, 3.05) is 5.75 Å². The number of hydrogen-bond donors (Lipinski definition) is 6. The molecule has 4 atom stereocenters. The van der Waals surface area contributed by atoms with Crippen LogP contribution in [0.1, 0.15) is 61.7 Å². The van der Waals surface area contributed by atoms with Crippen molar-refractivity contribution in [1.82, 2.24) is 30.6 Å². The molecule has 1 aliphatic carbocycles. The van der Waals surface area contributed by atoms with Crippen LogP contribution < -0.4 is 10.6 Å². The number of aliphatic hydroxyl groups is 1. The molecule has 10 heteroatoms. The normalized spacial score (nSPS) is 17.3. The number of amides is 2. The molecule has 0 bridgehead atoms. The molecule has 0 radical (unpaired) electrons. The van der Waals surface area contributed by atoms with Crippen LogP contribution in [0.15, 0.2) is 55.2 Å². The van der Waals surface area contributed by atoms with Gasteiger partial charge in [0.25, 0.3) is 0 Å². The molecule has 0 aliphatic heterocycles. The number of nitrogens with zero attached hydrogens (tertiary/aromatic N) is 2. The number of nitrogens with one attached hydrogen (secondary N) is 4. The van der Waals surface area contributed by atoms with Crippen LogP contribution in [0.4, 0.5) is 0 Å². The Morgan fingerprint density at radius 3 is 2.50 bits per heavy atom. The Labute approximate surface area is 229 Å². The predicted molar refractivity (Wildman–Crippen MR) is 148 cm³/mol. The molecule has 1 aromatic carbocycles. The van der Waals surface area contributed by atoms with Gasteiger partial charge in [-0.25, -0.2) is 9.97 Å². The van der Waals surface area contributed by atoms with Crippen molar-refractivity contribution in [3.8, 4) is 0 Å². The summed E-state index contributed by atoms with van der Waals surface area (Å²) in [6, 6.07) is 8.38. The number of aliphatic hydroxyl groups excluding tert-OH is 1. The second-order valence-corrected chi connectivity index (χ2v) is 10.6. The van der Waals surface area contributed by atoms with E-state index in [0.717, 1.165) is 36.9 Å². The molecule has 1 saturated carbocycles. The van der Waals surface area contributed by atoms with E-state index in [1.54, 1.807) is 24.9 Å². The zero-order chi connectivity index (χ0) is 26.7. The number of H-pyrrole nitrogens is 2. The quantitative estimate of drug-likeness (QED) is 0.186. The third-order valence-electron chi connectivity index (χ3n) is 7.35. The molecule has 204 valence electrons. The lowest BCUT2D eigenvalue weighted by molar-refractivity contribution is -0.131. The van der Waals surface area contributed by atoms with Crippen molar-refractivity contribution < 1.29 is 14.7 Å². The van der Waals surface area contributed by atoms with E-state index in [1.807, 2.05) is 30.3 Å². The van der Waals surface area contributed by atoms with Gasteiger partial charge in [0.15, 0.2) is 0 Å². The molecule has 3 aromatic rings. The van der Waals surface area contributed by atoms with Gasteiger partial charge in [-0.15, -0.1) is 0 Å². The number of carbonyl (C=O) groups excluding carboxylic acids is 2. The van der Waals surface area contributed by atoms with Gasteiger partial charge in [0.05, 0.1) is 18.3 Å². The highest BCUT2D eigenvalue weighted by molar-refractivity contribution is 7.80. The van der Waals surface area contributed by atoms with E-state index >= 15 is 0 Å². The molecule has 0 saturated heterocycles. The van der Waals surface area contributed by atoms with Crippen LogP contribution >= 0.6 is 12.6 Å². The molecule has 9 nitrogen and oxygen atoms in total. The summed E-state index contributed by atoms with van der Waals surface area (Å²) >= 11 is 4.42. The molecule has 2 heterocycles. The lowest BCUT2D eigenvalue weighted by Crippen LogP contribution is -2.53. The lowest BCUT2D eigenvalue weighted by Gasteiger charge is -2.31. The lowest BCUT2D eigenvalue weighted by atomic mass is 9.83. The molecule has 0 spiro atoms. The van der Waals surface area contributed by atoms with Crippen molar-refractivity contribution in [2.24, 2.45) is 11.8 Å². The summed E-state index contributed by atoms with van der Waals surface area (Å²) in [4.78, 5) is 41.3. The smallest absolute Gasteiger partial charge is 0.243 e. The second kappa shape index (κ2) is 14.2. The third kappa shape index (κ3) is 7.94. The number of hydrogen-bond acceptors (Lipinski definition) is 6. The average molecular weight is 539 g/mol. The van der Waals surface area contributed by atoms with E-state index < -0.39 is 24.1 Å². The number of thiol groups is 1. The van der Waals surface area contributed by atoms with Crippen molar-refractivity contribution in [1.29, 1.82) is 0 Å². The molecule has 38 heavy (non-hydrogen) atoms. The van der Waals surface area contributed by atoms with E-state index in [0.29, 0.717) is 30.3 Å². The number of rotatable bonds is 13. The van der Waals surface area contributed by atoms with Crippen molar-refractivity contribution >= 4 is 24.4 Å². The number of benzene rings is 1. The Morgan fingerprint density at radius 1 is 1.05 bits per heavy atom. The van der Waals surface area contributed by atoms with Crippen LogP contribution in [-0.4, -0.2) is 54.7 Å². The van der Waals surface area contributed by atoms with Crippen molar-refractivity contribution in [3.05, 3.63) is 72.3 Å². The summed E-state index contributed by atoms with van der Waals surface area (Å²) in [5.74, 6) is 0.193. The molecule has 0 unspecified atom stereocenters. The maximum absolute atomic E-state index is 13.7. The monoisotopic (exact) mass is 538 g/mol. The molecular formula is C28H38N6O3S. The molecule has 2 aromatic heterocycles. The van der Waals surface area contributed by atoms with Gasteiger partial charge in [-0.05, 0) is 24.3 Å². The Balaban J connectivity index is 1.49. The highest BCUT2D eigenvalue weighted by Crippen LogP contribution is 2.30. The summed E-state index contributed by atoms with van der Waals surface area (Å²) < 4.78 is 0. The summed E-state index contributed by atoms with van der Waals surface area (Å²) in [5.41, 5.74) is 1.76. The number of carbonyl (C=O) groups is 2. The highest BCUT2D eigenvalue weighted by Gasteiger charge is 2.32. The maximum atomic E-state index is 13.7. The first-order valence-electron chi connectivity index (χ1n) is 13.4. The minimum absolute atomic E-state index is 0.237. The Kier molecular flexibility index (Phi) is 10.4. The predicted octanol–water partition coefficient (Wildman–Crippen LogP) is 3.14. The number of aromatic nitrogens is 4. The zero-order valence-electron chi connectivity index (χ0n) is 21.6. The second-order valence-electron chi connectivity index (χ2n) is 10.2. The van der Waals surface area contributed by atoms with Gasteiger partial charge in [0, 0.05) is 36.5 Å². The Hall–Kier alpha value is -3.11. The fraction of sp³-hybridized carbons (Fsp3) is 0.500. The maximum Gasteiger partial charge on any atom is 0.243 e. The van der Waals surface area contributed by atoms with Gasteiger partial charge in [0.1, 0.15) is 18.0 Å². The topological polar surface area (TPSA) is 136 Å². The van der Waals surface area contributed by atoms with E-state index in [-0.39, 0.29) is 18.2 Å². The minimum Gasteiger partial charge on any atom is -0.383 e. The van der Waals surface area contributed by atoms with E-state index in [9.17, 15) is 14.7 Å². The average Bonchev–Trinajstić information content (AvgIpc) is 3.66. The largest absolute Gasteiger partial charge is 0.383 e. The number of aromatic amines is 2. The minimum atomic E-state index is -0.984. The van der Waals surface area contributed by atoms with Gasteiger partial charge in [-0.1, -0.05) is 62.4 Å². The molecule has 5 N–H and O–H groups in total. The summed E-state index contributed by atoms with van der Waals surface area (Å²) in [6.45, 7) is 0. The Morgan fingerprint density at radius 2 is 1.84 bits per heavy atom. The molecule has 4 rings (SSSR count). The first kappa shape index (κ1) is 27.9. The Bertz CT molecular complexity index is 1100. The number of imidazole rings is 2. The first-order valence-corrected chi connectivity index (χ1v) is 14.1. The van der Waals surface area contributed by atoms with Crippen molar-refractivity contribution in [3.63, 3.8) is 0 Å². The molecule has 1 aliphatic rings. The van der Waals surface area contributed by atoms with E-state index in [4.69, 9.17) is 0 Å². The van der Waals surface area contributed by atoms with Gasteiger partial charge in [-0.3, -0.25) is 9.59 Å². The van der Waals surface area contributed by atoms with Gasteiger partial charge in [0.2, 0.25) is 11.8 Å². The third-order valence-corrected chi connectivity index (χ3v) is 7.79. The van der Waals surface area contributed by atoms with Gasteiger partial charge >= 0.3 is 0 Å². The van der Waals surface area contributed by atoms with Gasteiger partial charge in [-0.2, -0.15) is 12.6 Å². The van der Waals surface area contributed by atoms with Crippen LogP contribution in [0, 0.1) is 11.8 Å². The van der Waals surface area contributed by atoms with Gasteiger partial charge < -0.3 is 25.7 Å². The van der Waals surface area contributed by atoms with Crippen LogP contribution in [0.2, 0.25) is 0 Å². The van der Waals surface area contributed by atoms with E-state index in [2.05, 4.69) is 43.2 Å². The molecular weight excluding hydrogens is 500 g/mol. The SMILES string of the molecule is O=C(N[C@@H](Cc1cnc[nH]1)C(=O)N[C@@H](CC1CCCCC1)[C@@H](O)c1ncc[nH]1)[C@@H](CS)Cc1ccccc1. The highest BCUT2D eigenvalue weighted by atomic mass is 32.1. The van der Waals surface area contributed by atoms with Crippen LogP contribution in [0.25, 0.3) is 0 Å². The molecule has 1 fully saturated rings. The van der Waals surface area contributed by atoms with Crippen LogP contribution in [-0.2, 0) is 22.4 Å². The first-order chi connectivity index (χ1) is 18.5. The summed E-state index contributed by atoms with van der Waals surface area (Å²) in [5, 5.41) is 17.2. The van der Waals surface area contributed by atoms with E-state index in [1.165, 1.54) is 6.42 Å². The summed E-state index contributed by atoms with van der Waals surface area (Å²) in [7, 11) is 0. The zero-order valence-corrected chi connectivity index (χ0v) is 22.4. The summed E-state index contributed by atoms with van der Waals surface area (Å²) in [6.07, 6.45) is 12.6. The fourth-order valence-electron chi connectivity index (χ4n) is 5.22. The van der Waals surface area contributed by atoms with Crippen LogP contribution in [0.3, 0.4) is 0 Å². The molecule has 2 amide bonds. The van der Waals surface area contributed by atoms with Crippen molar-refractivity contribution in [2.45, 2.75) is 69.6 Å². The fourth-order valence-corrected chi connectivity index (χ4v) is 5.51. The van der Waals surface area contributed by atoms with Crippen LogP contribution in [0.5, 0.6) is 0 Å². The standard InChI is InChI=1S/C28H38N6O3S/c35-25(26-30-11-12-31-26)23(14-20-9-5-2-6-10-20)33-28(37)24(15-22-16-29-18-32-22)34-27(36)21(17-38)13-19-7-3-1-4-8-19/h1,3-4,7-8,11-12,16,18,20-21,23-25,35,38H,2,5-6,9-10,13-15,17H2,(H,29,32)(H,30,31)(H,33,37)(H,34,36)/t21-,23+,24+,25-/m1/s1.